The fourth-order valence-corrected chi connectivity index (χ4v) is 3.94. The number of thioether (sulfide) groups is 1. The van der Waals surface area contributed by atoms with E-state index in [0.29, 0.717) is 21.3 Å². The van der Waals surface area contributed by atoms with E-state index in [2.05, 4.69) is 10.3 Å². The first-order valence-electron chi connectivity index (χ1n) is 8.77. The van der Waals surface area contributed by atoms with Crippen molar-refractivity contribution in [3.63, 3.8) is 0 Å². The molecule has 2 heterocycles. The van der Waals surface area contributed by atoms with Crippen LogP contribution in [0.3, 0.4) is 0 Å². The summed E-state index contributed by atoms with van der Waals surface area (Å²) in [6.45, 7) is 1.52. The molecular formula is C19H19FN4O2S2. The molecule has 1 N–H and O–H groups in total. The minimum Gasteiger partial charge on any atom is -0.356 e. The van der Waals surface area contributed by atoms with Crippen LogP contribution in [-0.2, 0) is 16.1 Å². The number of hydrogen-bond acceptors (Lipinski definition) is 5. The summed E-state index contributed by atoms with van der Waals surface area (Å²) in [4.78, 5) is 30.2. The Hall–Kier alpha value is -2.52. The van der Waals surface area contributed by atoms with Gasteiger partial charge in [0.25, 0.3) is 5.91 Å². The summed E-state index contributed by atoms with van der Waals surface area (Å²) in [5.74, 6) is -0.841. The van der Waals surface area contributed by atoms with Gasteiger partial charge in [0.15, 0.2) is 0 Å². The quantitative estimate of drug-likeness (QED) is 0.406. The molecule has 1 aromatic carbocycles. The predicted molar refractivity (Wildman–Crippen MR) is 111 cm³/mol. The molecule has 28 heavy (non-hydrogen) atoms. The lowest BCUT2D eigenvalue weighted by Gasteiger charge is -2.14. The lowest BCUT2D eigenvalue weighted by molar-refractivity contribution is -0.123. The van der Waals surface area contributed by atoms with Gasteiger partial charge in [-0.1, -0.05) is 42.2 Å². The summed E-state index contributed by atoms with van der Waals surface area (Å²) in [7, 11) is 0. The van der Waals surface area contributed by atoms with Crippen LogP contribution in [0.1, 0.15) is 18.4 Å². The minimum absolute atomic E-state index is 0.141. The van der Waals surface area contributed by atoms with Crippen LogP contribution in [0.15, 0.2) is 47.9 Å². The molecule has 1 aliphatic rings. The zero-order chi connectivity index (χ0) is 19.9. The highest BCUT2D eigenvalue weighted by Crippen LogP contribution is 2.32. The molecule has 0 aliphatic carbocycles. The molecular weight excluding hydrogens is 399 g/mol. The Morgan fingerprint density at radius 1 is 1.32 bits per heavy atom. The smallest absolute Gasteiger partial charge is 0.266 e. The average Bonchev–Trinajstić information content (AvgIpc) is 3.28. The highest BCUT2D eigenvalue weighted by Gasteiger charge is 2.32. The van der Waals surface area contributed by atoms with Crippen molar-refractivity contribution >= 4 is 46.2 Å². The van der Waals surface area contributed by atoms with Crippen molar-refractivity contribution in [3.8, 4) is 0 Å². The number of imidazole rings is 1. The van der Waals surface area contributed by atoms with E-state index in [0.717, 1.165) is 24.7 Å². The Balaban J connectivity index is 1.46. The van der Waals surface area contributed by atoms with Crippen LogP contribution in [-0.4, -0.2) is 43.7 Å². The number of amides is 2. The maximum absolute atomic E-state index is 13.8. The van der Waals surface area contributed by atoms with Gasteiger partial charge in [-0.15, -0.1) is 0 Å². The highest BCUT2D eigenvalue weighted by molar-refractivity contribution is 8.26. The molecule has 0 bridgehead atoms. The molecule has 0 spiro atoms. The van der Waals surface area contributed by atoms with Crippen LogP contribution in [0.4, 0.5) is 4.39 Å². The zero-order valence-corrected chi connectivity index (χ0v) is 16.6. The second kappa shape index (κ2) is 9.61. The number of carbonyl (C=O) groups is 2. The van der Waals surface area contributed by atoms with Crippen molar-refractivity contribution in [1.82, 2.24) is 19.8 Å². The summed E-state index contributed by atoms with van der Waals surface area (Å²) in [5.41, 5.74) is 0.332. The number of nitrogens with one attached hydrogen (secondary N) is 1. The molecule has 9 heteroatoms. The Morgan fingerprint density at radius 2 is 2.14 bits per heavy atom. The van der Waals surface area contributed by atoms with E-state index in [9.17, 15) is 14.0 Å². The van der Waals surface area contributed by atoms with Gasteiger partial charge in [-0.2, -0.15) is 0 Å². The normalized spacial score (nSPS) is 15.5. The van der Waals surface area contributed by atoms with Gasteiger partial charge >= 0.3 is 0 Å². The molecule has 0 atom stereocenters. The first kappa shape index (κ1) is 20.2. The van der Waals surface area contributed by atoms with Crippen LogP contribution in [0, 0.1) is 5.82 Å². The van der Waals surface area contributed by atoms with Crippen molar-refractivity contribution < 1.29 is 14.0 Å². The molecule has 0 unspecified atom stereocenters. The van der Waals surface area contributed by atoms with Crippen LogP contribution in [0.25, 0.3) is 6.08 Å². The van der Waals surface area contributed by atoms with Crippen LogP contribution >= 0.6 is 24.0 Å². The summed E-state index contributed by atoms with van der Waals surface area (Å²) < 4.78 is 16.1. The van der Waals surface area contributed by atoms with E-state index >= 15 is 0 Å². The summed E-state index contributed by atoms with van der Waals surface area (Å²) in [6, 6.07) is 6.22. The molecule has 1 fully saturated rings. The van der Waals surface area contributed by atoms with Crippen molar-refractivity contribution in [1.29, 1.82) is 0 Å². The second-order valence-corrected chi connectivity index (χ2v) is 7.78. The van der Waals surface area contributed by atoms with Crippen molar-refractivity contribution in [2.24, 2.45) is 0 Å². The Kier molecular flexibility index (Phi) is 6.94. The van der Waals surface area contributed by atoms with Gasteiger partial charge in [0, 0.05) is 44.0 Å². The van der Waals surface area contributed by atoms with E-state index in [1.807, 2.05) is 10.8 Å². The maximum Gasteiger partial charge on any atom is 0.266 e. The molecule has 0 saturated carbocycles. The van der Waals surface area contributed by atoms with Crippen molar-refractivity contribution in [3.05, 3.63) is 59.3 Å². The van der Waals surface area contributed by atoms with E-state index in [1.54, 1.807) is 30.7 Å². The first-order chi connectivity index (χ1) is 13.5. The van der Waals surface area contributed by atoms with Crippen molar-refractivity contribution in [2.45, 2.75) is 19.4 Å². The van der Waals surface area contributed by atoms with Crippen molar-refractivity contribution in [2.75, 3.05) is 13.1 Å². The summed E-state index contributed by atoms with van der Waals surface area (Å²) >= 11 is 6.36. The number of halogens is 1. The number of aromatic nitrogens is 2. The monoisotopic (exact) mass is 418 g/mol. The van der Waals surface area contributed by atoms with Crippen LogP contribution in [0.2, 0.25) is 0 Å². The Labute approximate surface area is 171 Å². The number of benzene rings is 1. The lowest BCUT2D eigenvalue weighted by Crippen LogP contribution is -2.34. The predicted octanol–water partition coefficient (Wildman–Crippen LogP) is 2.82. The Bertz CT molecular complexity index is 899. The third-order valence-corrected chi connectivity index (χ3v) is 5.48. The molecule has 2 aromatic rings. The molecule has 1 aromatic heterocycles. The highest BCUT2D eigenvalue weighted by atomic mass is 32.2. The molecule has 1 saturated heterocycles. The molecule has 2 amide bonds. The number of thiocarbonyl (C=S) groups is 1. The molecule has 1 aliphatic heterocycles. The van der Waals surface area contributed by atoms with Gasteiger partial charge in [-0.3, -0.25) is 14.5 Å². The van der Waals surface area contributed by atoms with Crippen LogP contribution in [0.5, 0.6) is 0 Å². The number of aryl methyl sites for hydroxylation is 1. The summed E-state index contributed by atoms with van der Waals surface area (Å²) in [5, 5.41) is 2.83. The maximum atomic E-state index is 13.8. The SMILES string of the molecule is O=C(CCN1C(=O)/C(=C/c2ccccc2F)SC1=S)NCCCn1ccnc1. The Morgan fingerprint density at radius 3 is 2.89 bits per heavy atom. The van der Waals surface area contributed by atoms with E-state index in [4.69, 9.17) is 12.2 Å². The lowest BCUT2D eigenvalue weighted by atomic mass is 10.2. The third-order valence-electron chi connectivity index (χ3n) is 4.10. The molecule has 146 valence electrons. The fourth-order valence-electron chi connectivity index (χ4n) is 2.64. The fraction of sp³-hybridized carbons (Fsp3) is 0.263. The number of hydrogen-bond donors (Lipinski definition) is 1. The van der Waals surface area contributed by atoms with Gasteiger partial charge in [0.2, 0.25) is 5.91 Å². The van der Waals surface area contributed by atoms with E-state index in [-0.39, 0.29) is 24.8 Å². The number of carbonyl (C=O) groups excluding carboxylic acids is 2. The summed E-state index contributed by atoms with van der Waals surface area (Å²) in [6.07, 6.45) is 7.74. The van der Waals surface area contributed by atoms with E-state index in [1.165, 1.54) is 17.0 Å². The van der Waals surface area contributed by atoms with Gasteiger partial charge in [-0.25, -0.2) is 9.37 Å². The van der Waals surface area contributed by atoms with Gasteiger partial charge < -0.3 is 9.88 Å². The number of nitrogens with zero attached hydrogens (tertiary/aromatic N) is 3. The van der Waals surface area contributed by atoms with Crippen LogP contribution < -0.4 is 5.32 Å². The topological polar surface area (TPSA) is 67.2 Å². The van der Waals surface area contributed by atoms with Gasteiger partial charge in [0.05, 0.1) is 11.2 Å². The van der Waals surface area contributed by atoms with Gasteiger partial charge in [-0.05, 0) is 18.6 Å². The molecule has 6 nitrogen and oxygen atoms in total. The van der Waals surface area contributed by atoms with Gasteiger partial charge in [0.1, 0.15) is 10.1 Å². The third kappa shape index (κ3) is 5.26. The zero-order valence-electron chi connectivity index (χ0n) is 15.0. The number of rotatable bonds is 8. The average molecular weight is 419 g/mol. The molecule has 3 rings (SSSR count). The first-order valence-corrected chi connectivity index (χ1v) is 9.99. The molecule has 0 radical (unpaired) electrons. The standard InChI is InChI=1S/C19H19FN4O2S2/c20-15-5-2-1-4-14(15)12-16-18(26)24(19(27)28-16)10-6-17(25)22-7-3-9-23-11-8-21-13-23/h1-2,4-5,8,11-13H,3,6-7,9-10H2,(H,22,25)/b16-12-. The largest absolute Gasteiger partial charge is 0.356 e. The van der Waals surface area contributed by atoms with E-state index < -0.39 is 5.82 Å². The second-order valence-electron chi connectivity index (χ2n) is 6.11. The minimum atomic E-state index is -0.400.